The van der Waals surface area contributed by atoms with E-state index in [1.165, 1.54) is 19.3 Å². The number of halogens is 1. The molecule has 20 heavy (non-hydrogen) atoms. The first-order valence-corrected chi connectivity index (χ1v) is 8.18. The summed E-state index contributed by atoms with van der Waals surface area (Å²) in [4.78, 5) is 14.7. The van der Waals surface area contributed by atoms with Crippen molar-refractivity contribution >= 4 is 21.7 Å². The molecule has 2 fully saturated rings. The molecule has 4 heteroatoms. The number of ether oxygens (including phenoxy) is 1. The van der Waals surface area contributed by atoms with Crippen LogP contribution in [0.15, 0.2) is 28.7 Å². The van der Waals surface area contributed by atoms with Crippen LogP contribution in [0.5, 0.6) is 0 Å². The largest absolute Gasteiger partial charge is 0.375 e. The number of benzene rings is 1. The fourth-order valence-electron chi connectivity index (χ4n) is 3.31. The Labute approximate surface area is 128 Å². The van der Waals surface area contributed by atoms with Gasteiger partial charge < -0.3 is 4.74 Å². The van der Waals surface area contributed by atoms with Crippen molar-refractivity contribution in [1.29, 1.82) is 0 Å². The minimum atomic E-state index is 0.235. The molecule has 2 atom stereocenters. The Hall–Kier alpha value is -0.710. The first kappa shape index (κ1) is 14.2. The molecule has 1 saturated carbocycles. The highest BCUT2D eigenvalue weighted by Crippen LogP contribution is 2.29. The molecule has 2 aliphatic rings. The molecule has 1 aromatic rings. The molecular formula is C16H20BrNO2. The summed E-state index contributed by atoms with van der Waals surface area (Å²) in [7, 11) is 0. The van der Waals surface area contributed by atoms with Gasteiger partial charge in [0.1, 0.15) is 0 Å². The monoisotopic (exact) mass is 337 g/mol. The summed E-state index contributed by atoms with van der Waals surface area (Å²) in [6, 6.07) is 8.18. The summed E-state index contributed by atoms with van der Waals surface area (Å²) in [5.41, 5.74) is 0.810. The highest BCUT2D eigenvalue weighted by atomic mass is 79.9. The summed E-state index contributed by atoms with van der Waals surface area (Å²) < 4.78 is 6.82. The Morgan fingerprint density at radius 2 is 2.10 bits per heavy atom. The number of hydrogen-bond donors (Lipinski definition) is 0. The van der Waals surface area contributed by atoms with E-state index in [-0.39, 0.29) is 5.78 Å². The highest BCUT2D eigenvalue weighted by Gasteiger charge is 2.35. The number of rotatable bonds is 4. The van der Waals surface area contributed by atoms with Crippen LogP contribution in [0.2, 0.25) is 0 Å². The van der Waals surface area contributed by atoms with Crippen LogP contribution in [0.3, 0.4) is 0 Å². The third-order valence-corrected chi connectivity index (χ3v) is 4.92. The number of Topliss-reactive ketones (excluding diaryl/α,β-unsaturated/α-hetero) is 1. The van der Waals surface area contributed by atoms with E-state index in [0.29, 0.717) is 18.6 Å². The zero-order chi connectivity index (χ0) is 13.9. The third kappa shape index (κ3) is 3.13. The van der Waals surface area contributed by atoms with Crippen LogP contribution in [-0.2, 0) is 4.74 Å². The van der Waals surface area contributed by atoms with E-state index >= 15 is 0 Å². The summed E-state index contributed by atoms with van der Waals surface area (Å²) in [5, 5.41) is 0. The fraction of sp³-hybridized carbons (Fsp3) is 0.562. The van der Waals surface area contributed by atoms with Gasteiger partial charge in [-0.3, -0.25) is 9.69 Å². The minimum Gasteiger partial charge on any atom is -0.375 e. The summed E-state index contributed by atoms with van der Waals surface area (Å²) in [5.74, 6) is 0.235. The van der Waals surface area contributed by atoms with E-state index in [4.69, 9.17) is 4.74 Å². The van der Waals surface area contributed by atoms with Crippen molar-refractivity contribution in [2.45, 2.75) is 37.8 Å². The first-order chi connectivity index (χ1) is 9.74. The van der Waals surface area contributed by atoms with Crippen LogP contribution in [0.1, 0.15) is 36.0 Å². The van der Waals surface area contributed by atoms with Gasteiger partial charge in [-0.15, -0.1) is 0 Å². The van der Waals surface area contributed by atoms with E-state index in [2.05, 4.69) is 20.8 Å². The number of fused-ring (bicyclic) bond motifs is 1. The van der Waals surface area contributed by atoms with E-state index in [9.17, 15) is 4.79 Å². The lowest BCUT2D eigenvalue weighted by molar-refractivity contribution is -0.0550. The van der Waals surface area contributed by atoms with Crippen molar-refractivity contribution in [3.05, 3.63) is 34.3 Å². The standard InChI is InChI=1S/C16H20BrNO2/c17-13-6-4-12(5-7-13)15(19)8-9-18-10-11-20-16-3-1-2-14(16)18/h4-7,14,16H,1-3,8-11H2. The van der Waals surface area contributed by atoms with Gasteiger partial charge in [-0.25, -0.2) is 0 Å². The molecule has 0 N–H and O–H groups in total. The SMILES string of the molecule is O=C(CCN1CCOC2CCCC21)c1ccc(Br)cc1. The number of nitrogens with zero attached hydrogens (tertiary/aromatic N) is 1. The van der Waals surface area contributed by atoms with Crippen LogP contribution < -0.4 is 0 Å². The van der Waals surface area contributed by atoms with Crippen molar-refractivity contribution in [2.24, 2.45) is 0 Å². The molecule has 0 bridgehead atoms. The average molecular weight is 338 g/mol. The van der Waals surface area contributed by atoms with Gasteiger partial charge in [0.05, 0.1) is 12.7 Å². The van der Waals surface area contributed by atoms with Crippen molar-refractivity contribution in [2.75, 3.05) is 19.7 Å². The first-order valence-electron chi connectivity index (χ1n) is 7.38. The molecule has 1 aliphatic carbocycles. The van der Waals surface area contributed by atoms with E-state index < -0.39 is 0 Å². The Kier molecular flexibility index (Phi) is 4.54. The molecule has 0 aromatic heterocycles. The molecule has 0 radical (unpaired) electrons. The molecule has 0 amide bonds. The Morgan fingerprint density at radius 1 is 1.30 bits per heavy atom. The molecule has 3 nitrogen and oxygen atoms in total. The molecular weight excluding hydrogens is 318 g/mol. The Balaban J connectivity index is 1.56. The van der Waals surface area contributed by atoms with Crippen molar-refractivity contribution < 1.29 is 9.53 Å². The van der Waals surface area contributed by atoms with Gasteiger partial charge in [0.25, 0.3) is 0 Å². The predicted octanol–water partition coefficient (Wildman–Crippen LogP) is 3.28. The normalized spacial score (nSPS) is 26.4. The van der Waals surface area contributed by atoms with E-state index in [0.717, 1.165) is 29.7 Å². The summed E-state index contributed by atoms with van der Waals surface area (Å²) in [6.45, 7) is 2.64. The molecule has 1 saturated heterocycles. The lowest BCUT2D eigenvalue weighted by Crippen LogP contribution is -2.49. The zero-order valence-electron chi connectivity index (χ0n) is 11.6. The zero-order valence-corrected chi connectivity index (χ0v) is 13.1. The molecule has 3 rings (SSSR count). The maximum Gasteiger partial charge on any atom is 0.164 e. The van der Waals surface area contributed by atoms with Crippen molar-refractivity contribution in [3.63, 3.8) is 0 Å². The highest BCUT2D eigenvalue weighted by molar-refractivity contribution is 9.10. The minimum absolute atomic E-state index is 0.235. The van der Waals surface area contributed by atoms with Crippen LogP contribution in [0.4, 0.5) is 0 Å². The van der Waals surface area contributed by atoms with Crippen LogP contribution >= 0.6 is 15.9 Å². The van der Waals surface area contributed by atoms with Gasteiger partial charge in [0.2, 0.25) is 0 Å². The summed E-state index contributed by atoms with van der Waals surface area (Å²) in [6.07, 6.45) is 4.67. The van der Waals surface area contributed by atoms with E-state index in [1.54, 1.807) is 0 Å². The second kappa shape index (κ2) is 6.37. The molecule has 1 aliphatic heterocycles. The number of carbonyl (C=O) groups is 1. The van der Waals surface area contributed by atoms with Crippen molar-refractivity contribution in [3.8, 4) is 0 Å². The van der Waals surface area contributed by atoms with Gasteiger partial charge in [-0.2, -0.15) is 0 Å². The number of morpholine rings is 1. The van der Waals surface area contributed by atoms with Crippen LogP contribution in [0, 0.1) is 0 Å². The Bertz CT molecular complexity index is 474. The van der Waals surface area contributed by atoms with Gasteiger partial charge in [0, 0.05) is 35.6 Å². The van der Waals surface area contributed by atoms with Crippen molar-refractivity contribution in [1.82, 2.24) is 4.90 Å². The van der Waals surface area contributed by atoms with E-state index in [1.807, 2.05) is 24.3 Å². The molecule has 0 spiro atoms. The van der Waals surface area contributed by atoms with Crippen LogP contribution in [0.25, 0.3) is 0 Å². The molecule has 108 valence electrons. The maximum absolute atomic E-state index is 12.2. The average Bonchev–Trinajstić information content (AvgIpc) is 2.94. The van der Waals surface area contributed by atoms with Gasteiger partial charge in [-0.1, -0.05) is 28.1 Å². The lowest BCUT2D eigenvalue weighted by atomic mass is 10.1. The topological polar surface area (TPSA) is 29.5 Å². The second-order valence-corrected chi connectivity index (χ2v) is 6.54. The smallest absolute Gasteiger partial charge is 0.164 e. The van der Waals surface area contributed by atoms with Gasteiger partial charge in [0.15, 0.2) is 5.78 Å². The molecule has 1 heterocycles. The van der Waals surface area contributed by atoms with Gasteiger partial charge >= 0.3 is 0 Å². The predicted molar refractivity (Wildman–Crippen MR) is 82.0 cm³/mol. The number of hydrogen-bond acceptors (Lipinski definition) is 3. The van der Waals surface area contributed by atoms with Crippen LogP contribution in [-0.4, -0.2) is 42.5 Å². The lowest BCUT2D eigenvalue weighted by Gasteiger charge is -2.37. The second-order valence-electron chi connectivity index (χ2n) is 5.62. The third-order valence-electron chi connectivity index (χ3n) is 4.39. The maximum atomic E-state index is 12.2. The van der Waals surface area contributed by atoms with Gasteiger partial charge in [-0.05, 0) is 31.4 Å². The Morgan fingerprint density at radius 3 is 2.90 bits per heavy atom. The molecule has 2 unspecified atom stereocenters. The quantitative estimate of drug-likeness (QED) is 0.789. The number of carbonyl (C=O) groups excluding carboxylic acids is 1. The number of ketones is 1. The fourth-order valence-corrected chi connectivity index (χ4v) is 3.57. The molecule has 1 aromatic carbocycles. The summed E-state index contributed by atoms with van der Waals surface area (Å²) >= 11 is 3.39.